The Balaban J connectivity index is 2.32. The molecule has 0 radical (unpaired) electrons. The summed E-state index contributed by atoms with van der Waals surface area (Å²) < 4.78 is 1.47. The molecule has 1 aliphatic heterocycles. The lowest BCUT2D eigenvalue weighted by molar-refractivity contribution is 0.0153. The minimum Gasteiger partial charge on any atom is -0.383 e. The summed E-state index contributed by atoms with van der Waals surface area (Å²) in [5, 5.41) is 0. The molecule has 1 N–H and O–H groups in total. The third-order valence-electron chi connectivity index (χ3n) is 0.397. The van der Waals surface area contributed by atoms with E-state index < -0.39 is 0 Å². The predicted octanol–water partition coefficient (Wildman–Crippen LogP) is 0.559. The van der Waals surface area contributed by atoms with E-state index in [1.165, 1.54) is 3.39 Å². The zero-order valence-electron chi connectivity index (χ0n) is 2.89. The second-order valence-electron chi connectivity index (χ2n) is 0.782. The Labute approximate surface area is 49.4 Å². The first kappa shape index (κ1) is 4.20. The van der Waals surface area contributed by atoms with Crippen molar-refractivity contribution in [1.29, 1.82) is 0 Å². The minimum atomic E-state index is 1.47. The Morgan fingerprint density at radius 2 is 2.67 bits per heavy atom. The van der Waals surface area contributed by atoms with Gasteiger partial charge in [0.05, 0.1) is 29.1 Å². The largest absolute Gasteiger partial charge is 0.383 e. The summed E-state index contributed by atoms with van der Waals surface area (Å²) in [5.41, 5.74) is 2.74. The van der Waals surface area contributed by atoms with Crippen LogP contribution in [0.5, 0.6) is 0 Å². The Bertz CT molecular complexity index is 65.9. The average molecular weight is 198 g/mol. The maximum absolute atomic E-state index is 4.68. The van der Waals surface area contributed by atoms with Crippen LogP contribution in [0.1, 0.15) is 0 Å². The highest BCUT2D eigenvalue weighted by Crippen LogP contribution is 1.99. The van der Waals surface area contributed by atoms with Gasteiger partial charge in [-0.2, -0.15) is 0 Å². The SMILES string of the molecule is IN1NC=CO1. The van der Waals surface area contributed by atoms with Crippen molar-refractivity contribution in [3.05, 3.63) is 12.5 Å². The molecule has 1 heterocycles. The highest BCUT2D eigenvalue weighted by molar-refractivity contribution is 14.1. The van der Waals surface area contributed by atoms with E-state index in [4.69, 9.17) is 0 Å². The summed E-state index contributed by atoms with van der Waals surface area (Å²) in [6, 6.07) is 0. The van der Waals surface area contributed by atoms with Crippen LogP contribution >= 0.6 is 22.9 Å². The maximum atomic E-state index is 4.68. The highest BCUT2D eigenvalue weighted by Gasteiger charge is 1.96. The molecule has 0 aromatic carbocycles. The van der Waals surface area contributed by atoms with Crippen LogP contribution in [0.4, 0.5) is 0 Å². The van der Waals surface area contributed by atoms with Crippen LogP contribution in [-0.2, 0) is 4.84 Å². The van der Waals surface area contributed by atoms with Crippen LogP contribution in [0.25, 0.3) is 0 Å². The van der Waals surface area contributed by atoms with Gasteiger partial charge in [-0.25, -0.2) is 0 Å². The van der Waals surface area contributed by atoms with E-state index in [9.17, 15) is 0 Å². The molecule has 0 aliphatic carbocycles. The lowest BCUT2D eigenvalue weighted by atomic mass is 11.0. The standard InChI is InChI=1S/C2H3IN2O/c3-5-4-1-2-6-5/h1-2,4H. The summed E-state index contributed by atoms with van der Waals surface area (Å²) in [6.45, 7) is 0. The second-order valence-corrected chi connectivity index (χ2v) is 1.66. The third-order valence-corrected chi connectivity index (χ3v) is 0.903. The fourth-order valence-electron chi connectivity index (χ4n) is 0.203. The summed E-state index contributed by atoms with van der Waals surface area (Å²) in [7, 11) is 0. The zero-order valence-corrected chi connectivity index (χ0v) is 5.05. The van der Waals surface area contributed by atoms with E-state index >= 15 is 0 Å². The Hall–Kier alpha value is 0.0300. The molecule has 0 bridgehead atoms. The quantitative estimate of drug-likeness (QED) is 0.454. The molecule has 0 unspecified atom stereocenters. The first-order valence-electron chi connectivity index (χ1n) is 1.43. The molecular weight excluding hydrogens is 195 g/mol. The van der Waals surface area contributed by atoms with E-state index in [1.807, 2.05) is 22.9 Å². The summed E-state index contributed by atoms with van der Waals surface area (Å²) in [5.74, 6) is 0. The average Bonchev–Trinajstić information content (AvgIpc) is 1.86. The molecule has 0 fully saturated rings. The molecule has 0 atom stereocenters. The lowest BCUT2D eigenvalue weighted by Gasteiger charge is -2.00. The molecule has 0 spiro atoms. The molecule has 0 saturated heterocycles. The molecular formula is C2H3IN2O. The normalized spacial score (nSPS) is 20.2. The van der Waals surface area contributed by atoms with Crippen LogP contribution in [0.3, 0.4) is 0 Å². The molecule has 1 rings (SSSR count). The monoisotopic (exact) mass is 198 g/mol. The van der Waals surface area contributed by atoms with E-state index in [0.29, 0.717) is 0 Å². The third kappa shape index (κ3) is 0.749. The number of nitrogens with one attached hydrogen (secondary N) is 1. The molecule has 1 aliphatic rings. The van der Waals surface area contributed by atoms with Crippen molar-refractivity contribution in [3.63, 3.8) is 0 Å². The van der Waals surface area contributed by atoms with E-state index in [2.05, 4.69) is 10.3 Å². The number of hydrogen-bond acceptors (Lipinski definition) is 3. The van der Waals surface area contributed by atoms with Crippen LogP contribution in [0.2, 0.25) is 0 Å². The molecule has 0 aromatic rings. The summed E-state index contributed by atoms with van der Waals surface area (Å²) in [4.78, 5) is 4.68. The van der Waals surface area contributed by atoms with Gasteiger partial charge >= 0.3 is 0 Å². The van der Waals surface area contributed by atoms with Gasteiger partial charge in [0.15, 0.2) is 0 Å². The second kappa shape index (κ2) is 1.65. The van der Waals surface area contributed by atoms with Gasteiger partial charge in [0.25, 0.3) is 0 Å². The van der Waals surface area contributed by atoms with Crippen molar-refractivity contribution < 1.29 is 4.84 Å². The predicted molar refractivity (Wildman–Crippen MR) is 29.2 cm³/mol. The van der Waals surface area contributed by atoms with Gasteiger partial charge in [-0.3, -0.25) is 5.43 Å². The van der Waals surface area contributed by atoms with Crippen molar-refractivity contribution in [3.8, 4) is 0 Å². The lowest BCUT2D eigenvalue weighted by Crippen LogP contribution is -2.15. The van der Waals surface area contributed by atoms with Gasteiger partial charge in [-0.15, -0.1) is 0 Å². The first-order valence-corrected chi connectivity index (χ1v) is 2.40. The van der Waals surface area contributed by atoms with Gasteiger partial charge in [-0.1, -0.05) is 0 Å². The van der Waals surface area contributed by atoms with Gasteiger partial charge in [0.1, 0.15) is 6.26 Å². The number of rotatable bonds is 0. The van der Waals surface area contributed by atoms with Crippen LogP contribution in [-0.4, -0.2) is 3.39 Å². The Kier molecular flexibility index (Phi) is 1.16. The highest BCUT2D eigenvalue weighted by atomic mass is 127. The van der Waals surface area contributed by atoms with Crippen molar-refractivity contribution in [2.75, 3.05) is 0 Å². The fraction of sp³-hybridized carbons (Fsp3) is 0. The smallest absolute Gasteiger partial charge is 0.132 e. The van der Waals surface area contributed by atoms with Crippen molar-refractivity contribution in [2.24, 2.45) is 0 Å². The Morgan fingerprint density at radius 3 is 2.83 bits per heavy atom. The van der Waals surface area contributed by atoms with Gasteiger partial charge in [0.2, 0.25) is 0 Å². The number of halogens is 1. The number of nitrogens with zero attached hydrogens (tertiary/aromatic N) is 1. The van der Waals surface area contributed by atoms with Crippen LogP contribution in [0, 0.1) is 0 Å². The topological polar surface area (TPSA) is 24.5 Å². The van der Waals surface area contributed by atoms with Crippen LogP contribution < -0.4 is 5.43 Å². The fourth-order valence-corrected chi connectivity index (χ4v) is 0.495. The maximum Gasteiger partial charge on any atom is 0.132 e. The van der Waals surface area contributed by atoms with Gasteiger partial charge in [-0.05, 0) is 0 Å². The molecule has 6 heavy (non-hydrogen) atoms. The van der Waals surface area contributed by atoms with E-state index in [-0.39, 0.29) is 0 Å². The van der Waals surface area contributed by atoms with E-state index in [1.54, 1.807) is 12.5 Å². The molecule has 0 amide bonds. The summed E-state index contributed by atoms with van der Waals surface area (Å²) >= 11 is 1.97. The molecule has 3 nitrogen and oxygen atoms in total. The molecule has 0 saturated carbocycles. The summed E-state index contributed by atoms with van der Waals surface area (Å²) in [6.07, 6.45) is 3.26. The number of hydrogen-bond donors (Lipinski definition) is 1. The van der Waals surface area contributed by atoms with Gasteiger partial charge < -0.3 is 4.84 Å². The van der Waals surface area contributed by atoms with Crippen molar-refractivity contribution in [1.82, 2.24) is 8.81 Å². The molecule has 0 aromatic heterocycles. The van der Waals surface area contributed by atoms with Crippen LogP contribution in [0.15, 0.2) is 12.5 Å². The first-order chi connectivity index (χ1) is 2.89. The minimum absolute atomic E-state index is 1.47. The van der Waals surface area contributed by atoms with Crippen molar-refractivity contribution >= 4 is 22.9 Å². The van der Waals surface area contributed by atoms with E-state index in [0.717, 1.165) is 0 Å². The zero-order chi connectivity index (χ0) is 4.41. The van der Waals surface area contributed by atoms with Crippen molar-refractivity contribution in [2.45, 2.75) is 0 Å². The van der Waals surface area contributed by atoms with Gasteiger partial charge in [0, 0.05) is 3.39 Å². The molecule has 4 heteroatoms. The number of hydrazine groups is 1. The Morgan fingerprint density at radius 1 is 1.83 bits per heavy atom. The molecule has 34 valence electrons.